The monoisotopic (exact) mass is 472 g/mol. The Morgan fingerprint density at radius 2 is 1.59 bits per heavy atom. The van der Waals surface area contributed by atoms with Crippen LogP contribution in [-0.2, 0) is 4.79 Å². The molecule has 0 aromatic carbocycles. The van der Waals surface area contributed by atoms with Gasteiger partial charge in [-0.1, -0.05) is 53.2 Å². The van der Waals surface area contributed by atoms with E-state index in [1.54, 1.807) is 0 Å². The molecule has 4 heteroatoms. The molecule has 4 saturated carbocycles. The molecule has 4 fully saturated rings. The molecule has 0 amide bonds. The highest BCUT2D eigenvalue weighted by Gasteiger charge is 2.71. The van der Waals surface area contributed by atoms with Crippen LogP contribution in [0.1, 0.15) is 106 Å². The van der Waals surface area contributed by atoms with Crippen LogP contribution in [-0.4, -0.2) is 33.0 Å². The Hall–Kier alpha value is -0.870. The van der Waals surface area contributed by atoms with Crippen LogP contribution in [0.15, 0.2) is 11.6 Å². The first-order valence-corrected chi connectivity index (χ1v) is 13.9. The molecule has 5 rings (SSSR count). The van der Waals surface area contributed by atoms with Gasteiger partial charge in [-0.05, 0) is 104 Å². The Morgan fingerprint density at radius 3 is 2.24 bits per heavy atom. The lowest BCUT2D eigenvalue weighted by atomic mass is 9.33. The summed E-state index contributed by atoms with van der Waals surface area (Å²) in [6.07, 6.45) is 10.3. The normalized spacial score (nSPS) is 56.3. The largest absolute Gasteiger partial charge is 0.481 e. The molecule has 4 nitrogen and oxygen atoms in total. The summed E-state index contributed by atoms with van der Waals surface area (Å²) in [6.45, 7) is 16.0. The van der Waals surface area contributed by atoms with Gasteiger partial charge in [0, 0.05) is 5.92 Å². The Bertz CT molecular complexity index is 919. The number of aliphatic carboxylic acids is 1. The van der Waals surface area contributed by atoms with Gasteiger partial charge in [0.1, 0.15) is 0 Å². The van der Waals surface area contributed by atoms with Gasteiger partial charge in [0.05, 0.1) is 17.1 Å². The molecular weight excluding hydrogens is 424 g/mol. The third kappa shape index (κ3) is 2.71. The average molecular weight is 473 g/mol. The number of hydrogen-bond acceptors (Lipinski definition) is 3. The van der Waals surface area contributed by atoms with Crippen LogP contribution < -0.4 is 0 Å². The van der Waals surface area contributed by atoms with Crippen LogP contribution in [0, 0.1) is 50.7 Å². The van der Waals surface area contributed by atoms with E-state index in [9.17, 15) is 20.1 Å². The molecule has 0 aromatic heterocycles. The maximum Gasteiger partial charge on any atom is 0.310 e. The summed E-state index contributed by atoms with van der Waals surface area (Å²) < 4.78 is 0. The number of fused-ring (bicyclic) bond motifs is 7. The smallest absolute Gasteiger partial charge is 0.310 e. The quantitative estimate of drug-likeness (QED) is 0.397. The minimum atomic E-state index is -1.01. The minimum absolute atomic E-state index is 0.0716. The number of hydrogen-bond donors (Lipinski definition) is 3. The third-order valence-electron chi connectivity index (χ3n) is 13.5. The average Bonchev–Trinajstić information content (AvgIpc) is 2.74. The summed E-state index contributed by atoms with van der Waals surface area (Å²) in [5.74, 6) is 0.0848. The molecule has 192 valence electrons. The molecule has 0 bridgehead atoms. The summed E-state index contributed by atoms with van der Waals surface area (Å²) >= 11 is 0. The molecule has 5 aliphatic carbocycles. The van der Waals surface area contributed by atoms with Gasteiger partial charge >= 0.3 is 5.97 Å². The molecule has 0 unspecified atom stereocenters. The van der Waals surface area contributed by atoms with Gasteiger partial charge in [-0.3, -0.25) is 4.79 Å². The van der Waals surface area contributed by atoms with Crippen LogP contribution in [0.2, 0.25) is 0 Å². The summed E-state index contributed by atoms with van der Waals surface area (Å²) in [6, 6.07) is 0. The lowest BCUT2D eigenvalue weighted by Gasteiger charge is -2.71. The van der Waals surface area contributed by atoms with E-state index in [1.165, 1.54) is 5.57 Å². The second-order valence-corrected chi connectivity index (χ2v) is 14.7. The molecule has 10 atom stereocenters. The lowest BCUT2D eigenvalue weighted by Crippen LogP contribution is -2.67. The predicted octanol–water partition coefficient (Wildman–Crippen LogP) is 6.20. The first kappa shape index (κ1) is 24.8. The fourth-order valence-corrected chi connectivity index (χ4v) is 10.8. The standard InChI is InChI=1S/C30H48O4/c1-18-10-15-30(24(32)33)17-16-27(5)19(23(30)29(18,7)34)8-9-21-26(4)13-12-22(31)25(2,3)20(26)11-14-28(21,27)6/h8,18,20-23,31,34H,9-17H2,1-7H3,(H,32,33)/t18-,20+,21-,22+,23-,26+,27-,28-,29-,30+/m0/s1. The van der Waals surface area contributed by atoms with Crippen molar-refractivity contribution in [3.8, 4) is 0 Å². The number of allylic oxidation sites excluding steroid dienone is 1. The van der Waals surface area contributed by atoms with E-state index < -0.39 is 17.0 Å². The first-order chi connectivity index (χ1) is 15.6. The Balaban J connectivity index is 1.64. The zero-order valence-electron chi connectivity index (χ0n) is 22.6. The van der Waals surface area contributed by atoms with Crippen molar-refractivity contribution in [1.82, 2.24) is 0 Å². The van der Waals surface area contributed by atoms with Crippen molar-refractivity contribution in [1.29, 1.82) is 0 Å². The van der Waals surface area contributed by atoms with Gasteiger partial charge in [0.2, 0.25) is 0 Å². The third-order valence-corrected chi connectivity index (χ3v) is 13.5. The van der Waals surface area contributed by atoms with Crippen molar-refractivity contribution in [2.45, 2.75) is 118 Å². The summed E-state index contributed by atoms with van der Waals surface area (Å²) in [5.41, 5.74) is -0.532. The highest BCUT2D eigenvalue weighted by atomic mass is 16.4. The zero-order valence-corrected chi connectivity index (χ0v) is 22.6. The van der Waals surface area contributed by atoms with E-state index >= 15 is 0 Å². The van der Waals surface area contributed by atoms with E-state index in [0.717, 1.165) is 44.9 Å². The van der Waals surface area contributed by atoms with Gasteiger partial charge in [0.15, 0.2) is 0 Å². The number of aliphatic hydroxyl groups excluding tert-OH is 1. The number of rotatable bonds is 1. The van der Waals surface area contributed by atoms with Crippen molar-refractivity contribution >= 4 is 5.97 Å². The Morgan fingerprint density at radius 1 is 0.912 bits per heavy atom. The minimum Gasteiger partial charge on any atom is -0.481 e. The van der Waals surface area contributed by atoms with Crippen molar-refractivity contribution in [3.05, 3.63) is 11.6 Å². The van der Waals surface area contributed by atoms with Crippen molar-refractivity contribution in [3.63, 3.8) is 0 Å². The molecule has 3 N–H and O–H groups in total. The van der Waals surface area contributed by atoms with E-state index in [0.29, 0.717) is 24.7 Å². The molecule has 5 aliphatic rings. The van der Waals surface area contributed by atoms with Crippen molar-refractivity contribution in [2.75, 3.05) is 0 Å². The first-order valence-electron chi connectivity index (χ1n) is 13.9. The number of carboxylic acid groups (broad SMARTS) is 1. The molecule has 0 aromatic rings. The molecule has 0 aliphatic heterocycles. The highest BCUT2D eigenvalue weighted by Crippen LogP contribution is 2.76. The predicted molar refractivity (Wildman–Crippen MR) is 134 cm³/mol. The van der Waals surface area contributed by atoms with Crippen LogP contribution in [0.5, 0.6) is 0 Å². The van der Waals surface area contributed by atoms with E-state index in [4.69, 9.17) is 0 Å². The molecule has 0 radical (unpaired) electrons. The molecule has 0 saturated heterocycles. The van der Waals surface area contributed by atoms with E-state index in [2.05, 4.69) is 47.6 Å². The number of carboxylic acids is 1. The van der Waals surface area contributed by atoms with Crippen LogP contribution in [0.25, 0.3) is 0 Å². The van der Waals surface area contributed by atoms with E-state index in [-0.39, 0.29) is 39.6 Å². The lowest BCUT2D eigenvalue weighted by molar-refractivity contribution is -0.217. The second kappa shape index (κ2) is 7.12. The summed E-state index contributed by atoms with van der Waals surface area (Å²) in [7, 11) is 0. The molecular formula is C30H48O4. The number of aliphatic hydroxyl groups is 2. The van der Waals surface area contributed by atoms with Crippen molar-refractivity contribution in [2.24, 2.45) is 50.7 Å². The fraction of sp³-hybridized carbons (Fsp3) is 0.900. The molecule has 0 spiro atoms. The number of carbonyl (C=O) groups is 1. The molecule has 34 heavy (non-hydrogen) atoms. The Labute approximate surface area is 206 Å². The maximum atomic E-state index is 12.8. The SMILES string of the molecule is C[C@H]1CC[C@@]2(C(=O)O)CC[C@@]3(C)C(=CC[C@H]4[C@]5(C)CC[C@@H](O)C(C)(C)[C@H]5CC[C@@]43C)[C@H]2[C@@]1(C)O. The van der Waals surface area contributed by atoms with Crippen LogP contribution in [0.4, 0.5) is 0 Å². The topological polar surface area (TPSA) is 77.8 Å². The second-order valence-electron chi connectivity index (χ2n) is 14.7. The van der Waals surface area contributed by atoms with Gasteiger partial charge < -0.3 is 15.3 Å². The van der Waals surface area contributed by atoms with Gasteiger partial charge in [0.25, 0.3) is 0 Å². The fourth-order valence-electron chi connectivity index (χ4n) is 10.8. The van der Waals surface area contributed by atoms with Gasteiger partial charge in [-0.15, -0.1) is 0 Å². The van der Waals surface area contributed by atoms with E-state index in [1.807, 2.05) is 6.92 Å². The molecule has 0 heterocycles. The highest BCUT2D eigenvalue weighted by molar-refractivity contribution is 5.77. The van der Waals surface area contributed by atoms with Gasteiger partial charge in [-0.25, -0.2) is 0 Å². The van der Waals surface area contributed by atoms with Crippen LogP contribution >= 0.6 is 0 Å². The summed E-state index contributed by atoms with van der Waals surface area (Å²) in [5, 5.41) is 33.3. The maximum absolute atomic E-state index is 12.8. The Kier molecular flexibility index (Phi) is 5.20. The van der Waals surface area contributed by atoms with Crippen LogP contribution in [0.3, 0.4) is 0 Å². The van der Waals surface area contributed by atoms with Gasteiger partial charge in [-0.2, -0.15) is 0 Å². The summed E-state index contributed by atoms with van der Waals surface area (Å²) in [4.78, 5) is 12.8. The zero-order chi connectivity index (χ0) is 25.1. The van der Waals surface area contributed by atoms with Crippen molar-refractivity contribution < 1.29 is 20.1 Å².